The molecule has 1 aromatic rings. The topological polar surface area (TPSA) is 29.1 Å². The monoisotopic (exact) mass is 259 g/mol. The molecule has 13 heavy (non-hydrogen) atoms. The van der Waals surface area contributed by atoms with Gasteiger partial charge in [-0.3, -0.25) is 4.79 Å². The van der Waals surface area contributed by atoms with Crippen LogP contribution in [-0.2, 0) is 11.3 Å². The van der Waals surface area contributed by atoms with Crippen molar-refractivity contribution in [2.75, 3.05) is 0 Å². The van der Waals surface area contributed by atoms with Gasteiger partial charge in [0.1, 0.15) is 0 Å². The minimum Gasteiger partial charge on any atom is -0.351 e. The van der Waals surface area contributed by atoms with Gasteiger partial charge in [0.25, 0.3) is 0 Å². The molecule has 1 rings (SSSR count). The molecule has 0 aliphatic rings. The molecule has 0 saturated carbocycles. The van der Waals surface area contributed by atoms with Crippen LogP contribution < -0.4 is 5.32 Å². The van der Waals surface area contributed by atoms with E-state index < -0.39 is 0 Å². The van der Waals surface area contributed by atoms with Crippen LogP contribution in [0.1, 0.15) is 11.3 Å². The molecule has 0 aliphatic heterocycles. The summed E-state index contributed by atoms with van der Waals surface area (Å²) in [5, 5.41) is 4.79. The Morgan fingerprint density at radius 2 is 2.54 bits per heavy atom. The third-order valence-electron chi connectivity index (χ3n) is 1.41. The zero-order chi connectivity index (χ0) is 9.68. The second-order valence-corrected chi connectivity index (χ2v) is 4.41. The van der Waals surface area contributed by atoms with Crippen molar-refractivity contribution in [1.29, 1.82) is 0 Å². The molecule has 0 radical (unpaired) electrons. The maximum Gasteiger partial charge on any atom is 0.224 e. The van der Waals surface area contributed by atoms with Gasteiger partial charge in [0.2, 0.25) is 5.91 Å². The molecule has 0 fully saturated rings. The van der Waals surface area contributed by atoms with E-state index in [-0.39, 0.29) is 5.91 Å². The maximum atomic E-state index is 11.0. The van der Waals surface area contributed by atoms with E-state index in [1.54, 1.807) is 17.4 Å². The van der Waals surface area contributed by atoms with Gasteiger partial charge in [-0.1, -0.05) is 6.08 Å². The molecule has 0 unspecified atom stereocenters. The minimum absolute atomic E-state index is 0.0134. The number of hydrogen-bond acceptors (Lipinski definition) is 2. The summed E-state index contributed by atoms with van der Waals surface area (Å²) in [5.74, 6) is 0.0134. The first-order valence-electron chi connectivity index (χ1n) is 3.83. The number of hydrogen-bond donors (Lipinski definition) is 1. The van der Waals surface area contributed by atoms with Gasteiger partial charge in [-0.05, 0) is 22.0 Å². The van der Waals surface area contributed by atoms with Crippen LogP contribution in [0.4, 0.5) is 0 Å². The first kappa shape index (κ1) is 10.5. The van der Waals surface area contributed by atoms with Crippen LogP contribution in [0.5, 0.6) is 0 Å². The second-order valence-electron chi connectivity index (χ2n) is 2.50. The lowest BCUT2D eigenvalue weighted by Crippen LogP contribution is -2.20. The molecule has 0 bridgehead atoms. The Bertz CT molecular complexity index is 308. The number of carbonyl (C=O) groups excluding carboxylic acids is 1. The summed E-state index contributed by atoms with van der Waals surface area (Å²) < 4.78 is 1.06. The van der Waals surface area contributed by atoms with Crippen LogP contribution in [0, 0.1) is 0 Å². The molecule has 0 spiro atoms. The number of carbonyl (C=O) groups is 1. The molecule has 0 atom stereocenters. The van der Waals surface area contributed by atoms with E-state index in [1.807, 2.05) is 11.4 Å². The standard InChI is InChI=1S/C9H10BrNOS/c1-2-3-9(12)11-5-8-4-7(10)6-13-8/h2,4,6H,1,3,5H2,(H,11,12). The Hall–Kier alpha value is -0.610. The zero-order valence-corrected chi connectivity index (χ0v) is 9.45. The second kappa shape index (κ2) is 5.19. The van der Waals surface area contributed by atoms with Gasteiger partial charge >= 0.3 is 0 Å². The third kappa shape index (κ3) is 3.74. The van der Waals surface area contributed by atoms with Gasteiger partial charge in [0, 0.05) is 21.2 Å². The normalized spacial score (nSPS) is 9.62. The molecule has 1 N–H and O–H groups in total. The van der Waals surface area contributed by atoms with E-state index in [9.17, 15) is 4.79 Å². The van der Waals surface area contributed by atoms with Crippen molar-refractivity contribution in [3.05, 3.63) is 33.5 Å². The van der Waals surface area contributed by atoms with E-state index >= 15 is 0 Å². The molecule has 4 heteroatoms. The van der Waals surface area contributed by atoms with Gasteiger partial charge in [-0.15, -0.1) is 17.9 Å². The van der Waals surface area contributed by atoms with E-state index in [4.69, 9.17) is 0 Å². The summed E-state index contributed by atoms with van der Waals surface area (Å²) in [6.45, 7) is 4.09. The lowest BCUT2D eigenvalue weighted by Gasteiger charge is -1.99. The summed E-state index contributed by atoms with van der Waals surface area (Å²) >= 11 is 4.97. The Labute approximate surface area is 89.8 Å². The van der Waals surface area contributed by atoms with Crippen molar-refractivity contribution in [3.8, 4) is 0 Å². The predicted octanol–water partition coefficient (Wildman–Crippen LogP) is 2.70. The van der Waals surface area contributed by atoms with E-state index in [2.05, 4.69) is 27.8 Å². The maximum absolute atomic E-state index is 11.0. The smallest absolute Gasteiger partial charge is 0.224 e. The van der Waals surface area contributed by atoms with E-state index in [0.717, 1.165) is 9.35 Å². The van der Waals surface area contributed by atoms with Crippen LogP contribution in [0.2, 0.25) is 0 Å². The van der Waals surface area contributed by atoms with Crippen molar-refractivity contribution in [1.82, 2.24) is 5.32 Å². The lowest BCUT2D eigenvalue weighted by molar-refractivity contribution is -0.120. The first-order valence-corrected chi connectivity index (χ1v) is 5.50. The molecule has 70 valence electrons. The van der Waals surface area contributed by atoms with Gasteiger partial charge in [0.05, 0.1) is 6.54 Å². The summed E-state index contributed by atoms with van der Waals surface area (Å²) in [7, 11) is 0. The highest BCUT2D eigenvalue weighted by Gasteiger charge is 2.00. The van der Waals surface area contributed by atoms with Crippen molar-refractivity contribution in [2.45, 2.75) is 13.0 Å². The Kier molecular flexibility index (Phi) is 4.18. The van der Waals surface area contributed by atoms with Crippen molar-refractivity contribution < 1.29 is 4.79 Å². The molecular formula is C9H10BrNOS. The fraction of sp³-hybridized carbons (Fsp3) is 0.222. The van der Waals surface area contributed by atoms with E-state index in [0.29, 0.717) is 13.0 Å². The average molecular weight is 260 g/mol. The third-order valence-corrected chi connectivity index (χ3v) is 3.11. The van der Waals surface area contributed by atoms with Crippen LogP contribution in [0.25, 0.3) is 0 Å². The summed E-state index contributed by atoms with van der Waals surface area (Å²) in [5.41, 5.74) is 0. The van der Waals surface area contributed by atoms with Crippen LogP contribution in [0.3, 0.4) is 0 Å². The molecule has 0 aromatic carbocycles. The van der Waals surface area contributed by atoms with Crippen molar-refractivity contribution >= 4 is 33.2 Å². The molecule has 1 aromatic heterocycles. The number of rotatable bonds is 4. The Morgan fingerprint density at radius 1 is 1.77 bits per heavy atom. The van der Waals surface area contributed by atoms with Gasteiger partial charge in [0.15, 0.2) is 0 Å². The van der Waals surface area contributed by atoms with Gasteiger partial charge in [-0.25, -0.2) is 0 Å². The van der Waals surface area contributed by atoms with Crippen LogP contribution >= 0.6 is 27.3 Å². The zero-order valence-electron chi connectivity index (χ0n) is 7.05. The number of amides is 1. The SMILES string of the molecule is C=CCC(=O)NCc1cc(Br)cs1. The van der Waals surface area contributed by atoms with E-state index in [1.165, 1.54) is 0 Å². The number of nitrogens with one attached hydrogen (secondary N) is 1. The number of halogens is 1. The van der Waals surface area contributed by atoms with Crippen LogP contribution in [-0.4, -0.2) is 5.91 Å². The Balaban J connectivity index is 2.34. The highest BCUT2D eigenvalue weighted by atomic mass is 79.9. The highest BCUT2D eigenvalue weighted by molar-refractivity contribution is 9.10. The Morgan fingerprint density at radius 3 is 3.08 bits per heavy atom. The summed E-state index contributed by atoms with van der Waals surface area (Å²) in [4.78, 5) is 12.2. The average Bonchev–Trinajstić information content (AvgIpc) is 2.49. The van der Waals surface area contributed by atoms with Crippen molar-refractivity contribution in [2.24, 2.45) is 0 Å². The molecule has 0 aliphatic carbocycles. The molecule has 2 nitrogen and oxygen atoms in total. The molecule has 0 saturated heterocycles. The molecular weight excluding hydrogens is 250 g/mol. The summed E-state index contributed by atoms with van der Waals surface area (Å²) in [6, 6.07) is 2.00. The molecule has 1 amide bonds. The van der Waals surface area contributed by atoms with Gasteiger partial charge in [-0.2, -0.15) is 0 Å². The predicted molar refractivity (Wildman–Crippen MR) is 58.7 cm³/mol. The highest BCUT2D eigenvalue weighted by Crippen LogP contribution is 2.19. The fourth-order valence-electron chi connectivity index (χ4n) is 0.835. The quantitative estimate of drug-likeness (QED) is 0.828. The fourth-order valence-corrected chi connectivity index (χ4v) is 2.23. The first-order chi connectivity index (χ1) is 6.22. The lowest BCUT2D eigenvalue weighted by atomic mass is 10.4. The minimum atomic E-state index is 0.0134. The largest absolute Gasteiger partial charge is 0.351 e. The summed E-state index contributed by atoms with van der Waals surface area (Å²) in [6.07, 6.45) is 1.98. The molecule has 1 heterocycles. The van der Waals surface area contributed by atoms with Crippen LogP contribution in [0.15, 0.2) is 28.6 Å². The van der Waals surface area contributed by atoms with Gasteiger partial charge < -0.3 is 5.32 Å². The number of thiophene rings is 1. The van der Waals surface area contributed by atoms with Crippen molar-refractivity contribution in [3.63, 3.8) is 0 Å².